The molecule has 0 atom stereocenters. The minimum absolute atomic E-state index is 0.425. The van der Waals surface area contributed by atoms with Crippen LogP contribution in [0.1, 0.15) is 5.69 Å². The van der Waals surface area contributed by atoms with Gasteiger partial charge in [-0.15, -0.1) is 0 Å². The van der Waals surface area contributed by atoms with E-state index in [1.807, 2.05) is 0 Å². The van der Waals surface area contributed by atoms with Gasteiger partial charge in [0, 0.05) is 12.7 Å². The Morgan fingerprint density at radius 3 is 2.82 bits per heavy atom. The molecule has 0 bridgehead atoms. The summed E-state index contributed by atoms with van der Waals surface area (Å²) in [6, 6.07) is 3.57. The second-order valence-corrected chi connectivity index (χ2v) is 2.61. The Hall–Kier alpha value is -0.860. The van der Waals surface area contributed by atoms with Gasteiger partial charge in [0.1, 0.15) is 0 Å². The summed E-state index contributed by atoms with van der Waals surface area (Å²) in [5.74, 6) is 0. The van der Waals surface area contributed by atoms with Gasteiger partial charge in [-0.1, -0.05) is 18.2 Å². The number of hydrogen-bond donors (Lipinski definition) is 1. The van der Waals surface area contributed by atoms with Crippen LogP contribution in [-0.4, -0.2) is 11.5 Å². The van der Waals surface area contributed by atoms with E-state index in [0.29, 0.717) is 11.6 Å². The van der Waals surface area contributed by atoms with Crippen LogP contribution in [0.5, 0.6) is 0 Å². The molecular weight excluding hydrogens is 160 g/mol. The van der Waals surface area contributed by atoms with Gasteiger partial charge in [0.2, 0.25) is 0 Å². The van der Waals surface area contributed by atoms with Crippen molar-refractivity contribution in [2.24, 2.45) is 5.73 Å². The van der Waals surface area contributed by atoms with Crippen LogP contribution in [0.3, 0.4) is 0 Å². The molecule has 0 aliphatic carbocycles. The molecule has 0 spiro atoms. The lowest BCUT2D eigenvalue weighted by molar-refractivity contribution is 1.20. The summed E-state index contributed by atoms with van der Waals surface area (Å²) < 4.78 is 0. The lowest BCUT2D eigenvalue weighted by Gasteiger charge is -1.99. The molecule has 0 amide bonds. The highest BCUT2D eigenvalue weighted by Gasteiger charge is 1.96. The van der Waals surface area contributed by atoms with Gasteiger partial charge >= 0.3 is 0 Å². The molecule has 2 N–H and O–H groups in total. The smallest absolute Gasteiger partial charge is 0.0669 e. The van der Waals surface area contributed by atoms with Crippen LogP contribution in [0.15, 0.2) is 24.9 Å². The van der Waals surface area contributed by atoms with Gasteiger partial charge < -0.3 is 5.73 Å². The molecule has 11 heavy (non-hydrogen) atoms. The molecule has 0 saturated heterocycles. The summed E-state index contributed by atoms with van der Waals surface area (Å²) >= 11 is 5.64. The Kier molecular flexibility index (Phi) is 2.63. The van der Waals surface area contributed by atoms with Crippen LogP contribution in [0.4, 0.5) is 0 Å². The van der Waals surface area contributed by atoms with Crippen molar-refractivity contribution in [3.8, 4) is 0 Å². The number of aromatic nitrogens is 1. The molecule has 0 saturated carbocycles. The third-order valence-electron chi connectivity index (χ3n) is 1.34. The first-order chi connectivity index (χ1) is 5.24. The highest BCUT2D eigenvalue weighted by atomic mass is 35.5. The van der Waals surface area contributed by atoms with E-state index >= 15 is 0 Å². The zero-order valence-corrected chi connectivity index (χ0v) is 6.80. The van der Waals surface area contributed by atoms with Gasteiger partial charge in [-0.05, 0) is 17.7 Å². The zero-order valence-electron chi connectivity index (χ0n) is 6.05. The van der Waals surface area contributed by atoms with Crippen molar-refractivity contribution < 1.29 is 0 Å². The summed E-state index contributed by atoms with van der Waals surface area (Å²) in [5.41, 5.74) is 6.99. The molecule has 0 fully saturated rings. The molecule has 1 aromatic heterocycles. The molecule has 58 valence electrons. The third-order valence-corrected chi connectivity index (χ3v) is 1.56. The topological polar surface area (TPSA) is 38.9 Å². The van der Waals surface area contributed by atoms with Crippen molar-refractivity contribution in [3.63, 3.8) is 0 Å². The largest absolute Gasteiger partial charge is 0.326 e. The molecule has 2 nitrogen and oxygen atoms in total. The van der Waals surface area contributed by atoms with E-state index in [-0.39, 0.29) is 0 Å². The van der Waals surface area contributed by atoms with Gasteiger partial charge in [-0.25, -0.2) is 0 Å². The Morgan fingerprint density at radius 1 is 1.64 bits per heavy atom. The second-order valence-electron chi connectivity index (χ2n) is 2.17. The van der Waals surface area contributed by atoms with Crippen molar-refractivity contribution in [2.75, 3.05) is 6.54 Å². The van der Waals surface area contributed by atoms with Gasteiger partial charge in [-0.3, -0.25) is 4.98 Å². The SMILES string of the molecule is C=C(CN)c1ccc(Cl)cn1. The molecular formula is C8H9ClN2. The van der Waals surface area contributed by atoms with Crippen LogP contribution in [0.2, 0.25) is 5.02 Å². The molecule has 1 rings (SSSR count). The first-order valence-electron chi connectivity index (χ1n) is 3.24. The monoisotopic (exact) mass is 168 g/mol. The van der Waals surface area contributed by atoms with Crippen molar-refractivity contribution in [1.82, 2.24) is 4.98 Å². The summed E-state index contributed by atoms with van der Waals surface area (Å²) in [4.78, 5) is 4.04. The third kappa shape index (κ3) is 2.03. The Balaban J connectivity index is 2.90. The van der Waals surface area contributed by atoms with E-state index in [1.54, 1.807) is 18.3 Å². The summed E-state index contributed by atoms with van der Waals surface area (Å²) in [5, 5.41) is 0.624. The van der Waals surface area contributed by atoms with Crippen molar-refractivity contribution in [2.45, 2.75) is 0 Å². The Morgan fingerprint density at radius 2 is 2.36 bits per heavy atom. The van der Waals surface area contributed by atoms with E-state index in [2.05, 4.69) is 11.6 Å². The number of rotatable bonds is 2. The summed E-state index contributed by atoms with van der Waals surface area (Å²) in [6.45, 7) is 4.17. The zero-order chi connectivity index (χ0) is 8.27. The van der Waals surface area contributed by atoms with Crippen molar-refractivity contribution in [1.29, 1.82) is 0 Å². The number of nitrogens with two attached hydrogens (primary N) is 1. The second kappa shape index (κ2) is 3.51. The van der Waals surface area contributed by atoms with Crippen LogP contribution < -0.4 is 5.73 Å². The summed E-state index contributed by atoms with van der Waals surface area (Å²) in [6.07, 6.45) is 1.58. The van der Waals surface area contributed by atoms with E-state index in [1.165, 1.54) is 0 Å². The van der Waals surface area contributed by atoms with Crippen LogP contribution in [-0.2, 0) is 0 Å². The maximum absolute atomic E-state index is 5.64. The minimum Gasteiger partial charge on any atom is -0.326 e. The first kappa shape index (κ1) is 8.24. The molecule has 1 heterocycles. The number of nitrogens with zero attached hydrogens (tertiary/aromatic N) is 1. The Labute approximate surface area is 70.7 Å². The lowest BCUT2D eigenvalue weighted by atomic mass is 10.2. The number of halogens is 1. The number of pyridine rings is 1. The van der Waals surface area contributed by atoms with Gasteiger partial charge in [0.25, 0.3) is 0 Å². The maximum Gasteiger partial charge on any atom is 0.0669 e. The van der Waals surface area contributed by atoms with E-state index in [4.69, 9.17) is 17.3 Å². The lowest BCUT2D eigenvalue weighted by Crippen LogP contribution is -2.02. The maximum atomic E-state index is 5.64. The van der Waals surface area contributed by atoms with Crippen molar-refractivity contribution >= 4 is 17.2 Å². The fraction of sp³-hybridized carbons (Fsp3) is 0.125. The first-order valence-corrected chi connectivity index (χ1v) is 3.61. The van der Waals surface area contributed by atoms with Gasteiger partial charge in [-0.2, -0.15) is 0 Å². The molecule has 1 aromatic rings. The fourth-order valence-corrected chi connectivity index (χ4v) is 0.801. The predicted molar refractivity (Wildman–Crippen MR) is 47.3 cm³/mol. The highest BCUT2D eigenvalue weighted by molar-refractivity contribution is 6.30. The number of hydrogen-bond acceptors (Lipinski definition) is 2. The normalized spacial score (nSPS) is 9.64. The molecule has 0 radical (unpaired) electrons. The average Bonchev–Trinajstić information content (AvgIpc) is 2.05. The van der Waals surface area contributed by atoms with Crippen LogP contribution in [0.25, 0.3) is 5.57 Å². The molecule has 0 aliphatic rings. The average molecular weight is 169 g/mol. The predicted octanol–water partition coefficient (Wildman–Crippen LogP) is 1.71. The molecule has 0 unspecified atom stereocenters. The quantitative estimate of drug-likeness (QED) is 0.730. The Bertz CT molecular complexity index is 253. The standard InChI is InChI=1S/C8H9ClN2/c1-6(4-10)8-3-2-7(9)5-11-8/h2-3,5H,1,4,10H2. The molecule has 0 aromatic carbocycles. The minimum atomic E-state index is 0.425. The molecule has 0 aliphatic heterocycles. The molecule has 3 heteroatoms. The van der Waals surface area contributed by atoms with Crippen LogP contribution in [0, 0.1) is 0 Å². The van der Waals surface area contributed by atoms with Gasteiger partial charge in [0.05, 0.1) is 10.7 Å². The van der Waals surface area contributed by atoms with Crippen LogP contribution >= 0.6 is 11.6 Å². The van der Waals surface area contributed by atoms with Crippen molar-refractivity contribution in [3.05, 3.63) is 35.6 Å². The van der Waals surface area contributed by atoms with E-state index in [0.717, 1.165) is 11.3 Å². The summed E-state index contributed by atoms with van der Waals surface area (Å²) in [7, 11) is 0. The fourth-order valence-electron chi connectivity index (χ4n) is 0.690. The highest BCUT2D eigenvalue weighted by Crippen LogP contribution is 2.11. The van der Waals surface area contributed by atoms with Gasteiger partial charge in [0.15, 0.2) is 0 Å². The van der Waals surface area contributed by atoms with E-state index in [9.17, 15) is 0 Å². The van der Waals surface area contributed by atoms with E-state index < -0.39 is 0 Å².